The molecule has 2 rings (SSSR count). The molecule has 0 spiro atoms. The predicted octanol–water partition coefficient (Wildman–Crippen LogP) is 2.21. The van der Waals surface area contributed by atoms with Crippen molar-refractivity contribution in [2.24, 2.45) is 5.73 Å². The van der Waals surface area contributed by atoms with E-state index in [9.17, 15) is 9.59 Å². The number of hydrogen-bond donors (Lipinski definition) is 2. The zero-order valence-corrected chi connectivity index (χ0v) is 9.84. The van der Waals surface area contributed by atoms with Gasteiger partial charge in [0.05, 0.1) is 12.7 Å². The highest BCUT2D eigenvalue weighted by Crippen LogP contribution is 2.36. The molecular formula is C11H10N2O3S. The lowest BCUT2D eigenvalue weighted by Crippen LogP contribution is -2.19. The van der Waals surface area contributed by atoms with Crippen LogP contribution >= 0.6 is 11.3 Å². The summed E-state index contributed by atoms with van der Waals surface area (Å²) in [6.45, 7) is 0. The van der Waals surface area contributed by atoms with Crippen LogP contribution in [0.2, 0.25) is 0 Å². The Morgan fingerprint density at radius 3 is 2.88 bits per heavy atom. The van der Waals surface area contributed by atoms with Gasteiger partial charge >= 0.3 is 6.03 Å². The molecule has 6 heteroatoms. The number of ether oxygens (including phenoxy) is 1. The zero-order chi connectivity index (χ0) is 12.4. The van der Waals surface area contributed by atoms with Crippen LogP contribution in [-0.2, 0) is 0 Å². The molecule has 88 valence electrons. The fraction of sp³-hybridized carbons (Fsp3) is 0.0909. The minimum Gasteiger partial charge on any atom is -0.497 e. The molecule has 0 radical (unpaired) electrons. The minimum atomic E-state index is -0.688. The maximum atomic E-state index is 11.0. The normalized spacial score (nSPS) is 10.2. The van der Waals surface area contributed by atoms with Gasteiger partial charge < -0.3 is 10.5 Å². The highest BCUT2D eigenvalue weighted by molar-refractivity contribution is 7.23. The Kier molecular flexibility index (Phi) is 2.97. The summed E-state index contributed by atoms with van der Waals surface area (Å²) in [5.41, 5.74) is 5.48. The fourth-order valence-corrected chi connectivity index (χ4v) is 2.65. The maximum absolute atomic E-state index is 11.0. The second-order valence-electron chi connectivity index (χ2n) is 3.31. The number of urea groups is 1. The third-order valence-electron chi connectivity index (χ3n) is 2.29. The van der Waals surface area contributed by atoms with Gasteiger partial charge in [0, 0.05) is 10.1 Å². The molecule has 3 N–H and O–H groups in total. The van der Waals surface area contributed by atoms with E-state index in [4.69, 9.17) is 10.5 Å². The maximum Gasteiger partial charge on any atom is 0.317 e. The number of anilines is 1. The number of nitrogens with one attached hydrogen (secondary N) is 1. The van der Waals surface area contributed by atoms with Crippen molar-refractivity contribution in [3.63, 3.8) is 0 Å². The number of amides is 2. The molecule has 0 atom stereocenters. The van der Waals surface area contributed by atoms with Gasteiger partial charge in [-0.05, 0) is 18.2 Å². The molecule has 1 aromatic carbocycles. The van der Waals surface area contributed by atoms with Gasteiger partial charge in [-0.2, -0.15) is 0 Å². The molecule has 0 saturated heterocycles. The van der Waals surface area contributed by atoms with Gasteiger partial charge in [0.2, 0.25) is 0 Å². The monoisotopic (exact) mass is 250 g/mol. The number of fused-ring (bicyclic) bond motifs is 1. The van der Waals surface area contributed by atoms with Crippen molar-refractivity contribution in [1.29, 1.82) is 0 Å². The summed E-state index contributed by atoms with van der Waals surface area (Å²) in [6, 6.07) is 4.65. The standard InChI is InChI=1S/C11H10N2O3S/c1-16-6-2-3-7-8(5-14)10(13-11(12)15)17-9(7)4-6/h2-5H,1H3,(H3,12,13,15). The van der Waals surface area contributed by atoms with Gasteiger partial charge in [-0.15, -0.1) is 11.3 Å². The van der Waals surface area contributed by atoms with E-state index in [2.05, 4.69) is 5.32 Å². The van der Waals surface area contributed by atoms with E-state index in [-0.39, 0.29) is 0 Å². The van der Waals surface area contributed by atoms with Gasteiger partial charge in [-0.3, -0.25) is 10.1 Å². The average molecular weight is 250 g/mol. The summed E-state index contributed by atoms with van der Waals surface area (Å²) in [4.78, 5) is 21.8. The first kappa shape index (κ1) is 11.4. The van der Waals surface area contributed by atoms with Gasteiger partial charge in [0.25, 0.3) is 0 Å². The van der Waals surface area contributed by atoms with Gasteiger partial charge in [-0.25, -0.2) is 4.79 Å². The molecule has 2 aromatic rings. The van der Waals surface area contributed by atoms with Crippen molar-refractivity contribution in [2.45, 2.75) is 0 Å². The molecule has 0 aliphatic carbocycles. The Hall–Kier alpha value is -2.08. The predicted molar refractivity (Wildman–Crippen MR) is 67.0 cm³/mol. The Balaban J connectivity index is 2.61. The largest absolute Gasteiger partial charge is 0.497 e. The van der Waals surface area contributed by atoms with E-state index in [1.807, 2.05) is 0 Å². The quantitative estimate of drug-likeness (QED) is 0.819. The zero-order valence-electron chi connectivity index (χ0n) is 9.02. The van der Waals surface area contributed by atoms with E-state index in [1.165, 1.54) is 11.3 Å². The molecule has 1 aromatic heterocycles. The number of thiophene rings is 1. The van der Waals surface area contributed by atoms with Gasteiger partial charge in [0.1, 0.15) is 10.8 Å². The lowest BCUT2D eigenvalue weighted by Gasteiger charge is -1.98. The smallest absolute Gasteiger partial charge is 0.317 e. The summed E-state index contributed by atoms with van der Waals surface area (Å²) in [7, 11) is 1.57. The van der Waals surface area contributed by atoms with Crippen molar-refractivity contribution >= 4 is 38.7 Å². The van der Waals surface area contributed by atoms with Crippen molar-refractivity contribution in [3.05, 3.63) is 23.8 Å². The second-order valence-corrected chi connectivity index (χ2v) is 4.37. The first-order valence-electron chi connectivity index (χ1n) is 4.78. The molecular weight excluding hydrogens is 240 g/mol. The van der Waals surface area contributed by atoms with E-state index in [0.717, 1.165) is 10.1 Å². The van der Waals surface area contributed by atoms with Gasteiger partial charge in [-0.1, -0.05) is 0 Å². The number of rotatable bonds is 3. The van der Waals surface area contributed by atoms with Crippen molar-refractivity contribution in [3.8, 4) is 5.75 Å². The lowest BCUT2D eigenvalue weighted by atomic mass is 10.2. The molecule has 2 amide bonds. The van der Waals surface area contributed by atoms with Crippen LogP contribution in [0.4, 0.5) is 9.80 Å². The Morgan fingerprint density at radius 2 is 2.29 bits per heavy atom. The summed E-state index contributed by atoms with van der Waals surface area (Å²) < 4.78 is 5.95. The molecule has 1 heterocycles. The minimum absolute atomic E-state index is 0.437. The van der Waals surface area contributed by atoms with E-state index >= 15 is 0 Å². The Labute approximate surface area is 101 Å². The van der Waals surface area contributed by atoms with Gasteiger partial charge in [0.15, 0.2) is 6.29 Å². The Bertz CT molecular complexity index is 592. The number of carbonyl (C=O) groups is 2. The lowest BCUT2D eigenvalue weighted by molar-refractivity contribution is 0.112. The SMILES string of the molecule is COc1ccc2c(C=O)c(NC(N)=O)sc2c1. The third kappa shape index (κ3) is 2.07. The summed E-state index contributed by atoms with van der Waals surface area (Å²) in [6.07, 6.45) is 0.705. The highest BCUT2D eigenvalue weighted by Gasteiger charge is 2.13. The van der Waals surface area contributed by atoms with Crippen LogP contribution in [0, 0.1) is 0 Å². The molecule has 5 nitrogen and oxygen atoms in total. The van der Waals surface area contributed by atoms with Crippen LogP contribution in [0.5, 0.6) is 5.75 Å². The molecule has 0 aliphatic rings. The van der Waals surface area contributed by atoms with E-state index < -0.39 is 6.03 Å². The number of primary amides is 1. The summed E-state index contributed by atoms with van der Waals surface area (Å²) in [5.74, 6) is 0.696. The van der Waals surface area contributed by atoms with Crippen LogP contribution in [0.3, 0.4) is 0 Å². The van der Waals surface area contributed by atoms with Crippen molar-refractivity contribution < 1.29 is 14.3 Å². The second kappa shape index (κ2) is 4.42. The third-order valence-corrected chi connectivity index (χ3v) is 3.37. The number of aldehydes is 1. The number of carbonyl (C=O) groups excluding carboxylic acids is 2. The molecule has 0 bridgehead atoms. The first-order chi connectivity index (χ1) is 8.15. The number of hydrogen-bond acceptors (Lipinski definition) is 4. The molecule has 0 fully saturated rings. The fourth-order valence-electron chi connectivity index (χ4n) is 1.55. The number of nitrogens with two attached hydrogens (primary N) is 1. The molecule has 17 heavy (non-hydrogen) atoms. The first-order valence-corrected chi connectivity index (χ1v) is 5.59. The molecule has 0 saturated carbocycles. The van der Waals surface area contributed by atoms with Crippen LogP contribution in [0.25, 0.3) is 10.1 Å². The average Bonchev–Trinajstić information content (AvgIpc) is 2.63. The molecule has 0 unspecified atom stereocenters. The topological polar surface area (TPSA) is 81.4 Å². The van der Waals surface area contributed by atoms with E-state index in [0.29, 0.717) is 22.6 Å². The van der Waals surface area contributed by atoms with Crippen LogP contribution in [0.1, 0.15) is 10.4 Å². The highest BCUT2D eigenvalue weighted by atomic mass is 32.1. The van der Waals surface area contributed by atoms with Crippen LogP contribution < -0.4 is 15.8 Å². The van der Waals surface area contributed by atoms with Crippen molar-refractivity contribution in [1.82, 2.24) is 0 Å². The van der Waals surface area contributed by atoms with E-state index in [1.54, 1.807) is 25.3 Å². The summed E-state index contributed by atoms with van der Waals surface area (Å²) >= 11 is 1.28. The van der Waals surface area contributed by atoms with Crippen LogP contribution in [0.15, 0.2) is 18.2 Å². The van der Waals surface area contributed by atoms with Crippen molar-refractivity contribution in [2.75, 3.05) is 12.4 Å². The number of methoxy groups -OCH3 is 1. The molecule has 0 aliphatic heterocycles. The Morgan fingerprint density at radius 1 is 1.53 bits per heavy atom. The number of benzene rings is 1. The van der Waals surface area contributed by atoms with Crippen LogP contribution in [-0.4, -0.2) is 19.4 Å². The summed E-state index contributed by atoms with van der Waals surface area (Å²) in [5, 5.41) is 3.66.